The summed E-state index contributed by atoms with van der Waals surface area (Å²) in [7, 11) is 0. The lowest BCUT2D eigenvalue weighted by Gasteiger charge is -2.12. The molecule has 0 radical (unpaired) electrons. The molecule has 2 aliphatic rings. The lowest BCUT2D eigenvalue weighted by Crippen LogP contribution is -2.22. The molecule has 0 spiro atoms. The Labute approximate surface area is 159 Å². The summed E-state index contributed by atoms with van der Waals surface area (Å²) >= 11 is 9.44. The van der Waals surface area contributed by atoms with Crippen LogP contribution in [0.2, 0.25) is 5.02 Å². The zero-order chi connectivity index (χ0) is 17.6. The van der Waals surface area contributed by atoms with Crippen LogP contribution in [0.1, 0.15) is 36.3 Å². The fourth-order valence-electron chi connectivity index (χ4n) is 3.28. The number of aliphatic imine (C=N–C) groups is 1. The highest BCUT2D eigenvalue weighted by molar-refractivity contribution is 9.10. The van der Waals surface area contributed by atoms with Gasteiger partial charge in [-0.05, 0) is 60.6 Å². The zero-order valence-corrected chi connectivity index (χ0v) is 15.8. The van der Waals surface area contributed by atoms with Crippen LogP contribution >= 0.6 is 27.5 Å². The van der Waals surface area contributed by atoms with E-state index in [1.165, 1.54) is 5.56 Å². The third kappa shape index (κ3) is 3.38. The van der Waals surface area contributed by atoms with Crippen LogP contribution in [0, 0.1) is 5.92 Å². The van der Waals surface area contributed by atoms with Crippen LogP contribution < -0.4 is 0 Å². The standard InChI is InChI=1S/C20H17BrClNO2/c21-14-5-1-13(2-6-14)18(23-20(9-10-20)19(24)25)17-11-16(17)12-3-7-15(22)8-4-12/h1-8,16-17H,9-11H2,(H,24,25). The molecule has 1 N–H and O–H groups in total. The maximum absolute atomic E-state index is 11.6. The van der Waals surface area contributed by atoms with Crippen LogP contribution in [0.25, 0.3) is 0 Å². The molecule has 25 heavy (non-hydrogen) atoms. The molecule has 2 saturated carbocycles. The highest BCUT2D eigenvalue weighted by Gasteiger charge is 2.52. The lowest BCUT2D eigenvalue weighted by molar-refractivity contribution is -0.139. The number of benzene rings is 2. The fourth-order valence-corrected chi connectivity index (χ4v) is 3.67. The zero-order valence-electron chi connectivity index (χ0n) is 13.5. The molecule has 2 aromatic carbocycles. The van der Waals surface area contributed by atoms with Crippen molar-refractivity contribution in [3.05, 3.63) is 69.2 Å². The first kappa shape index (κ1) is 16.8. The molecule has 5 heteroatoms. The molecule has 0 saturated heterocycles. The van der Waals surface area contributed by atoms with Crippen molar-refractivity contribution in [2.75, 3.05) is 0 Å². The summed E-state index contributed by atoms with van der Waals surface area (Å²) in [6, 6.07) is 15.9. The monoisotopic (exact) mass is 417 g/mol. The van der Waals surface area contributed by atoms with Crippen molar-refractivity contribution in [3.63, 3.8) is 0 Å². The highest BCUT2D eigenvalue weighted by Crippen LogP contribution is 2.51. The average Bonchev–Trinajstić information content (AvgIpc) is 3.49. The second-order valence-electron chi connectivity index (χ2n) is 6.84. The maximum atomic E-state index is 11.6. The minimum absolute atomic E-state index is 0.263. The van der Waals surface area contributed by atoms with Crippen LogP contribution in [0.15, 0.2) is 58.0 Å². The van der Waals surface area contributed by atoms with Gasteiger partial charge in [0.25, 0.3) is 0 Å². The Bertz CT molecular complexity index is 841. The van der Waals surface area contributed by atoms with E-state index in [-0.39, 0.29) is 5.92 Å². The summed E-state index contributed by atoms with van der Waals surface area (Å²) in [5.74, 6) is -0.172. The second kappa shape index (κ2) is 6.26. The Morgan fingerprint density at radius 3 is 2.32 bits per heavy atom. The Hall–Kier alpha value is -1.65. The quantitative estimate of drug-likeness (QED) is 0.669. The molecular weight excluding hydrogens is 402 g/mol. The second-order valence-corrected chi connectivity index (χ2v) is 8.19. The van der Waals surface area contributed by atoms with E-state index < -0.39 is 11.5 Å². The van der Waals surface area contributed by atoms with Gasteiger partial charge < -0.3 is 5.11 Å². The van der Waals surface area contributed by atoms with Gasteiger partial charge in [-0.1, -0.05) is 51.8 Å². The first-order valence-corrected chi connectivity index (χ1v) is 9.50. The Morgan fingerprint density at radius 2 is 1.76 bits per heavy atom. The molecule has 2 aromatic rings. The van der Waals surface area contributed by atoms with Gasteiger partial charge in [0.15, 0.2) is 5.54 Å². The van der Waals surface area contributed by atoms with Gasteiger partial charge in [-0.3, -0.25) is 4.99 Å². The highest BCUT2D eigenvalue weighted by atomic mass is 79.9. The van der Waals surface area contributed by atoms with Gasteiger partial charge in [0.2, 0.25) is 0 Å². The molecule has 0 heterocycles. The molecule has 0 amide bonds. The third-order valence-corrected chi connectivity index (χ3v) is 5.82. The number of carboxylic acids is 1. The number of halogens is 2. The number of nitrogens with zero attached hydrogens (tertiary/aromatic N) is 1. The molecule has 0 aliphatic heterocycles. The van der Waals surface area contributed by atoms with E-state index in [2.05, 4.69) is 28.1 Å². The van der Waals surface area contributed by atoms with Crippen LogP contribution in [0.4, 0.5) is 0 Å². The molecule has 2 fully saturated rings. The van der Waals surface area contributed by atoms with Crippen molar-refractivity contribution in [2.24, 2.45) is 10.9 Å². The Balaban J connectivity index is 1.67. The number of rotatable bonds is 5. The van der Waals surface area contributed by atoms with E-state index >= 15 is 0 Å². The Morgan fingerprint density at radius 1 is 1.12 bits per heavy atom. The molecule has 0 bridgehead atoms. The summed E-state index contributed by atoms with van der Waals surface area (Å²) in [6.45, 7) is 0. The number of aliphatic carboxylic acids is 1. The normalized spacial score (nSPS) is 24.0. The van der Waals surface area contributed by atoms with Crippen LogP contribution in [-0.2, 0) is 4.79 Å². The molecular formula is C20H17BrClNO2. The molecule has 2 aliphatic carbocycles. The molecule has 4 rings (SSSR count). The first-order valence-electron chi connectivity index (χ1n) is 8.33. The summed E-state index contributed by atoms with van der Waals surface area (Å²) in [6.07, 6.45) is 2.24. The van der Waals surface area contributed by atoms with E-state index in [4.69, 9.17) is 16.6 Å². The van der Waals surface area contributed by atoms with Crippen molar-refractivity contribution in [1.29, 1.82) is 0 Å². The lowest BCUT2D eigenvalue weighted by atomic mass is 10.0. The minimum atomic E-state index is -0.907. The summed E-state index contributed by atoms with van der Waals surface area (Å²) in [4.78, 5) is 16.4. The van der Waals surface area contributed by atoms with Gasteiger partial charge in [-0.25, -0.2) is 4.79 Å². The molecule has 3 nitrogen and oxygen atoms in total. The summed E-state index contributed by atoms with van der Waals surface area (Å²) in [5, 5.41) is 10.3. The van der Waals surface area contributed by atoms with Crippen molar-refractivity contribution in [2.45, 2.75) is 30.7 Å². The van der Waals surface area contributed by atoms with Gasteiger partial charge in [-0.15, -0.1) is 0 Å². The number of carbonyl (C=O) groups is 1. The predicted octanol–water partition coefficient (Wildman–Crippen LogP) is 5.31. The van der Waals surface area contributed by atoms with Gasteiger partial charge in [-0.2, -0.15) is 0 Å². The smallest absolute Gasteiger partial charge is 0.331 e. The van der Waals surface area contributed by atoms with E-state index in [1.807, 2.05) is 36.4 Å². The predicted molar refractivity (Wildman–Crippen MR) is 103 cm³/mol. The molecule has 128 valence electrons. The Kier molecular flexibility index (Phi) is 4.20. The number of hydrogen-bond donors (Lipinski definition) is 1. The topological polar surface area (TPSA) is 49.7 Å². The van der Waals surface area contributed by atoms with Crippen LogP contribution in [0.3, 0.4) is 0 Å². The van der Waals surface area contributed by atoms with Crippen molar-refractivity contribution in [1.82, 2.24) is 0 Å². The van der Waals surface area contributed by atoms with Gasteiger partial charge >= 0.3 is 5.97 Å². The maximum Gasteiger partial charge on any atom is 0.331 e. The third-order valence-electron chi connectivity index (χ3n) is 5.04. The number of carboxylic acid groups (broad SMARTS) is 1. The first-order chi connectivity index (χ1) is 12.0. The SMILES string of the molecule is O=C(O)C1(N=C(c2ccc(Br)cc2)C2CC2c2ccc(Cl)cc2)CC1. The van der Waals surface area contributed by atoms with E-state index in [1.54, 1.807) is 0 Å². The molecule has 2 unspecified atom stereocenters. The fraction of sp³-hybridized carbons (Fsp3) is 0.300. The van der Waals surface area contributed by atoms with Crippen molar-refractivity contribution in [3.8, 4) is 0 Å². The number of hydrogen-bond acceptors (Lipinski definition) is 2. The van der Waals surface area contributed by atoms with Gasteiger partial charge in [0.05, 0.1) is 0 Å². The van der Waals surface area contributed by atoms with E-state index in [0.717, 1.165) is 27.2 Å². The van der Waals surface area contributed by atoms with Gasteiger partial charge in [0.1, 0.15) is 0 Å². The largest absolute Gasteiger partial charge is 0.479 e. The average molecular weight is 419 g/mol. The van der Waals surface area contributed by atoms with Crippen molar-refractivity contribution >= 4 is 39.2 Å². The molecule has 2 atom stereocenters. The van der Waals surface area contributed by atoms with Gasteiger partial charge in [0, 0.05) is 21.1 Å². The minimum Gasteiger partial charge on any atom is -0.479 e. The molecule has 0 aromatic heterocycles. The van der Waals surface area contributed by atoms with Crippen LogP contribution in [-0.4, -0.2) is 22.3 Å². The van der Waals surface area contributed by atoms with E-state index in [9.17, 15) is 9.90 Å². The summed E-state index contributed by atoms with van der Waals surface area (Å²) < 4.78 is 1.00. The van der Waals surface area contributed by atoms with Crippen LogP contribution in [0.5, 0.6) is 0 Å². The van der Waals surface area contributed by atoms with E-state index in [0.29, 0.717) is 18.8 Å². The van der Waals surface area contributed by atoms with Crippen molar-refractivity contribution < 1.29 is 9.90 Å². The summed E-state index contributed by atoms with van der Waals surface area (Å²) in [5.41, 5.74) is 2.26.